The van der Waals surface area contributed by atoms with Crippen LogP contribution in [0.3, 0.4) is 0 Å². The van der Waals surface area contributed by atoms with Gasteiger partial charge >= 0.3 is 0 Å². The molecule has 0 radical (unpaired) electrons. The Labute approximate surface area is 120 Å². The number of nitrogens with zero attached hydrogens (tertiary/aromatic N) is 1. The van der Waals surface area contributed by atoms with Gasteiger partial charge in [-0.05, 0) is 24.3 Å². The first-order chi connectivity index (χ1) is 9.74. The molecule has 0 aromatic heterocycles. The molecule has 0 bridgehead atoms. The first-order valence-corrected chi connectivity index (χ1v) is 7.36. The first-order valence-electron chi connectivity index (χ1n) is 7.36. The Balaban J connectivity index is 1.90. The first kappa shape index (κ1) is 15.0. The highest BCUT2D eigenvalue weighted by Gasteiger charge is 2.18. The van der Waals surface area contributed by atoms with Crippen molar-refractivity contribution in [2.24, 2.45) is 11.7 Å². The number of hydrogen-bond acceptors (Lipinski definition) is 3. The molecule has 0 saturated carbocycles. The Morgan fingerprint density at radius 1 is 1.35 bits per heavy atom. The molecule has 1 aliphatic heterocycles. The minimum Gasteiger partial charge on any atom is -0.381 e. The molecule has 110 valence electrons. The molecule has 1 fully saturated rings. The Morgan fingerprint density at radius 3 is 2.80 bits per heavy atom. The van der Waals surface area contributed by atoms with Crippen LogP contribution in [0.15, 0.2) is 30.3 Å². The highest BCUT2D eigenvalue weighted by Crippen LogP contribution is 2.16. The molecule has 0 aliphatic carbocycles. The standard InChI is InChI=1S/C16H24N2O2/c17-16(19)8-9-18(11-14-5-2-1-3-6-14)12-15-7-4-10-20-13-15/h1-3,5-6,15H,4,7-13H2,(H2,17,19). The van der Waals surface area contributed by atoms with Crippen molar-refractivity contribution < 1.29 is 9.53 Å². The number of carbonyl (C=O) groups is 1. The number of ether oxygens (including phenoxy) is 1. The number of hydrogen-bond donors (Lipinski definition) is 1. The van der Waals surface area contributed by atoms with E-state index in [1.807, 2.05) is 18.2 Å². The minimum atomic E-state index is -0.233. The second kappa shape index (κ2) is 8.02. The highest BCUT2D eigenvalue weighted by atomic mass is 16.5. The van der Waals surface area contributed by atoms with Crippen LogP contribution < -0.4 is 5.73 Å². The molecule has 1 amide bonds. The zero-order valence-corrected chi connectivity index (χ0v) is 12.0. The lowest BCUT2D eigenvalue weighted by molar-refractivity contribution is -0.118. The second-order valence-electron chi connectivity index (χ2n) is 5.52. The number of carbonyl (C=O) groups excluding carboxylic acids is 1. The quantitative estimate of drug-likeness (QED) is 0.826. The number of nitrogens with two attached hydrogens (primary N) is 1. The van der Waals surface area contributed by atoms with Gasteiger partial charge in [0, 0.05) is 32.7 Å². The molecule has 4 nitrogen and oxygen atoms in total. The number of benzene rings is 1. The lowest BCUT2D eigenvalue weighted by Gasteiger charge is -2.29. The van der Waals surface area contributed by atoms with E-state index < -0.39 is 0 Å². The Morgan fingerprint density at radius 2 is 2.15 bits per heavy atom. The predicted octanol–water partition coefficient (Wildman–Crippen LogP) is 1.79. The second-order valence-corrected chi connectivity index (χ2v) is 5.52. The molecule has 1 aromatic carbocycles. The van der Waals surface area contributed by atoms with Crippen LogP contribution >= 0.6 is 0 Å². The van der Waals surface area contributed by atoms with E-state index in [-0.39, 0.29) is 5.91 Å². The molecular formula is C16H24N2O2. The lowest BCUT2D eigenvalue weighted by atomic mass is 10.0. The molecule has 4 heteroatoms. The van der Waals surface area contributed by atoms with Crippen molar-refractivity contribution in [3.63, 3.8) is 0 Å². The molecule has 0 spiro atoms. The van der Waals surface area contributed by atoms with Gasteiger partial charge in [-0.3, -0.25) is 9.69 Å². The molecule has 1 unspecified atom stereocenters. The summed E-state index contributed by atoms with van der Waals surface area (Å²) in [4.78, 5) is 13.3. The van der Waals surface area contributed by atoms with Crippen LogP contribution in [0.4, 0.5) is 0 Å². The number of rotatable bonds is 7. The summed E-state index contributed by atoms with van der Waals surface area (Å²) in [6.45, 7) is 4.28. The van der Waals surface area contributed by atoms with Gasteiger partial charge in [0.25, 0.3) is 0 Å². The molecule has 20 heavy (non-hydrogen) atoms. The SMILES string of the molecule is NC(=O)CCN(Cc1ccccc1)CC1CCCOC1. The van der Waals surface area contributed by atoms with Gasteiger partial charge in [0.15, 0.2) is 0 Å². The molecular weight excluding hydrogens is 252 g/mol. The van der Waals surface area contributed by atoms with Crippen LogP contribution in [0.2, 0.25) is 0 Å². The molecule has 1 atom stereocenters. The fourth-order valence-electron chi connectivity index (χ4n) is 2.66. The average molecular weight is 276 g/mol. The summed E-state index contributed by atoms with van der Waals surface area (Å²) in [5.74, 6) is 0.336. The Hall–Kier alpha value is -1.39. The summed E-state index contributed by atoms with van der Waals surface area (Å²) < 4.78 is 5.54. The number of amides is 1. The van der Waals surface area contributed by atoms with E-state index in [2.05, 4.69) is 17.0 Å². The predicted molar refractivity (Wildman–Crippen MR) is 79.1 cm³/mol. The normalized spacial score (nSPS) is 19.1. The van der Waals surface area contributed by atoms with E-state index >= 15 is 0 Å². The van der Waals surface area contributed by atoms with Gasteiger partial charge in [0.1, 0.15) is 0 Å². The van der Waals surface area contributed by atoms with Crippen molar-refractivity contribution in [2.75, 3.05) is 26.3 Å². The van der Waals surface area contributed by atoms with Crippen molar-refractivity contribution in [2.45, 2.75) is 25.8 Å². The molecule has 1 saturated heterocycles. The van der Waals surface area contributed by atoms with Gasteiger partial charge in [-0.2, -0.15) is 0 Å². The summed E-state index contributed by atoms with van der Waals surface area (Å²) in [6.07, 6.45) is 2.77. The van der Waals surface area contributed by atoms with Gasteiger partial charge in [0.2, 0.25) is 5.91 Å². The number of primary amides is 1. The summed E-state index contributed by atoms with van der Waals surface area (Å²) in [6, 6.07) is 10.4. The largest absolute Gasteiger partial charge is 0.381 e. The summed E-state index contributed by atoms with van der Waals surface area (Å²) in [7, 11) is 0. The van der Waals surface area contributed by atoms with E-state index in [9.17, 15) is 4.79 Å². The van der Waals surface area contributed by atoms with E-state index in [4.69, 9.17) is 10.5 Å². The van der Waals surface area contributed by atoms with Gasteiger partial charge in [0.05, 0.1) is 6.61 Å². The van der Waals surface area contributed by atoms with Crippen LogP contribution in [0, 0.1) is 5.92 Å². The fourth-order valence-corrected chi connectivity index (χ4v) is 2.66. The van der Waals surface area contributed by atoms with Crippen LogP contribution in [-0.4, -0.2) is 37.1 Å². The molecule has 2 N–H and O–H groups in total. The van der Waals surface area contributed by atoms with Crippen LogP contribution in [0.1, 0.15) is 24.8 Å². The van der Waals surface area contributed by atoms with Gasteiger partial charge in [-0.15, -0.1) is 0 Å². The van der Waals surface area contributed by atoms with Crippen molar-refractivity contribution >= 4 is 5.91 Å². The van der Waals surface area contributed by atoms with E-state index in [1.165, 1.54) is 12.0 Å². The zero-order chi connectivity index (χ0) is 14.2. The minimum absolute atomic E-state index is 0.233. The van der Waals surface area contributed by atoms with Crippen molar-refractivity contribution in [1.82, 2.24) is 4.90 Å². The van der Waals surface area contributed by atoms with E-state index in [1.54, 1.807) is 0 Å². The topological polar surface area (TPSA) is 55.6 Å². The fraction of sp³-hybridized carbons (Fsp3) is 0.562. The third kappa shape index (κ3) is 5.31. The maximum atomic E-state index is 11.0. The zero-order valence-electron chi connectivity index (χ0n) is 12.0. The average Bonchev–Trinajstić information content (AvgIpc) is 2.47. The summed E-state index contributed by atoms with van der Waals surface area (Å²) in [5.41, 5.74) is 6.55. The molecule has 1 aromatic rings. The summed E-state index contributed by atoms with van der Waals surface area (Å²) >= 11 is 0. The maximum absolute atomic E-state index is 11.0. The Kier molecular flexibility index (Phi) is 6.02. The smallest absolute Gasteiger partial charge is 0.218 e. The van der Waals surface area contributed by atoms with Crippen LogP contribution in [0.5, 0.6) is 0 Å². The van der Waals surface area contributed by atoms with E-state index in [0.29, 0.717) is 12.3 Å². The summed E-state index contributed by atoms with van der Waals surface area (Å²) in [5, 5.41) is 0. The van der Waals surface area contributed by atoms with Gasteiger partial charge < -0.3 is 10.5 Å². The molecule has 1 aliphatic rings. The highest BCUT2D eigenvalue weighted by molar-refractivity contribution is 5.73. The maximum Gasteiger partial charge on any atom is 0.218 e. The third-order valence-electron chi connectivity index (χ3n) is 3.69. The van der Waals surface area contributed by atoms with Crippen LogP contribution in [0.25, 0.3) is 0 Å². The molecule has 1 heterocycles. The third-order valence-corrected chi connectivity index (χ3v) is 3.69. The van der Waals surface area contributed by atoms with Crippen LogP contribution in [-0.2, 0) is 16.1 Å². The Bertz CT molecular complexity index is 402. The van der Waals surface area contributed by atoms with Gasteiger partial charge in [-0.1, -0.05) is 30.3 Å². The van der Waals surface area contributed by atoms with Crippen molar-refractivity contribution in [3.8, 4) is 0 Å². The van der Waals surface area contributed by atoms with Crippen molar-refractivity contribution in [3.05, 3.63) is 35.9 Å². The lowest BCUT2D eigenvalue weighted by Crippen LogP contribution is -2.35. The van der Waals surface area contributed by atoms with Gasteiger partial charge in [-0.25, -0.2) is 0 Å². The monoisotopic (exact) mass is 276 g/mol. The molecule has 2 rings (SSSR count). The van der Waals surface area contributed by atoms with E-state index in [0.717, 1.165) is 39.3 Å². The van der Waals surface area contributed by atoms with Crippen molar-refractivity contribution in [1.29, 1.82) is 0 Å².